The summed E-state index contributed by atoms with van der Waals surface area (Å²) in [6.07, 6.45) is -0.585. The third-order valence-electron chi connectivity index (χ3n) is 7.73. The molecule has 0 saturated carbocycles. The van der Waals surface area contributed by atoms with Crippen molar-refractivity contribution in [3.8, 4) is 0 Å². The van der Waals surface area contributed by atoms with Crippen molar-refractivity contribution >= 4 is 11.9 Å². The number of carbonyl (C=O) groups excluding carboxylic acids is 2. The fraction of sp³-hybridized carbons (Fsp3) is 0.333. The topological polar surface area (TPSA) is 52.6 Å². The lowest BCUT2D eigenvalue weighted by molar-refractivity contribution is -0.938. The molecule has 5 nitrogen and oxygen atoms in total. The van der Waals surface area contributed by atoms with Crippen molar-refractivity contribution in [1.82, 2.24) is 0 Å². The highest BCUT2D eigenvalue weighted by molar-refractivity contribution is 5.98. The van der Waals surface area contributed by atoms with Gasteiger partial charge >= 0.3 is 6.16 Å². The summed E-state index contributed by atoms with van der Waals surface area (Å²) in [5.74, 6) is -0.684. The van der Waals surface area contributed by atoms with Crippen LogP contribution >= 0.6 is 0 Å². The van der Waals surface area contributed by atoms with E-state index < -0.39 is 23.9 Å². The van der Waals surface area contributed by atoms with Crippen LogP contribution in [0.4, 0.5) is 13.6 Å². The lowest BCUT2D eigenvalue weighted by Crippen LogP contribution is -2.65. The van der Waals surface area contributed by atoms with Crippen LogP contribution in [0, 0.1) is 24.5 Å². The number of hydrogen-bond donors (Lipinski definition) is 0. The summed E-state index contributed by atoms with van der Waals surface area (Å²) < 4.78 is 40.0. The molecule has 0 N–H and O–H groups in total. The van der Waals surface area contributed by atoms with Gasteiger partial charge in [0.1, 0.15) is 24.7 Å². The molecule has 3 fully saturated rings. The van der Waals surface area contributed by atoms with E-state index >= 15 is 0 Å². The van der Waals surface area contributed by atoms with Gasteiger partial charge in [-0.25, -0.2) is 13.6 Å². The Labute approximate surface area is 215 Å². The predicted molar refractivity (Wildman–Crippen MR) is 134 cm³/mol. The lowest BCUT2D eigenvalue weighted by atomic mass is 9.82. The summed E-state index contributed by atoms with van der Waals surface area (Å²) in [6.45, 7) is 4.58. The highest BCUT2D eigenvalue weighted by Crippen LogP contribution is 2.37. The minimum atomic E-state index is -1.02. The van der Waals surface area contributed by atoms with Crippen molar-refractivity contribution in [1.29, 1.82) is 0 Å². The minimum Gasteiger partial charge on any atom is -0.425 e. The predicted octanol–water partition coefficient (Wildman–Crippen LogP) is 6.01. The van der Waals surface area contributed by atoms with Gasteiger partial charge in [0.2, 0.25) is 5.78 Å². The minimum absolute atomic E-state index is 0.0945. The monoisotopic (exact) mass is 506 g/mol. The second-order valence-electron chi connectivity index (χ2n) is 10.2. The molecular formula is C30H30F2NO4+. The van der Waals surface area contributed by atoms with Gasteiger partial charge in [-0.15, -0.1) is 0 Å². The molecular weight excluding hydrogens is 476 g/mol. The summed E-state index contributed by atoms with van der Waals surface area (Å²) in [4.78, 5) is 26.2. The maximum atomic E-state index is 14.0. The Morgan fingerprint density at radius 3 is 2.14 bits per heavy atom. The van der Waals surface area contributed by atoms with Crippen LogP contribution < -0.4 is 0 Å². The molecule has 0 aromatic heterocycles. The molecule has 0 radical (unpaired) electrons. The second-order valence-corrected chi connectivity index (χ2v) is 10.2. The summed E-state index contributed by atoms with van der Waals surface area (Å²) in [7, 11) is 0. The number of halogens is 2. The van der Waals surface area contributed by atoms with Crippen LogP contribution in [0.15, 0.2) is 72.8 Å². The fourth-order valence-corrected chi connectivity index (χ4v) is 5.77. The van der Waals surface area contributed by atoms with E-state index in [2.05, 4.69) is 0 Å². The first kappa shape index (κ1) is 25.1. The summed E-state index contributed by atoms with van der Waals surface area (Å²) in [5.41, 5.74) is 2.44. The fourth-order valence-electron chi connectivity index (χ4n) is 5.77. The standard InChI is InChI=1S/C30H30F2NO4/c1-20-6-2-3-11-26(20)27(34)18-33-14-12-21(13-15-33)28(19-33)36-30(35)37-29(22-7-4-9-24(31)16-22)23-8-5-10-25(32)17-23/h2-11,16-17,21,28-29H,12-15,18-19H2,1H3/q+1. The zero-order valence-corrected chi connectivity index (χ0v) is 20.7. The highest BCUT2D eigenvalue weighted by atomic mass is 19.1. The normalized spacial score (nSPS) is 22.6. The van der Waals surface area contributed by atoms with E-state index in [0.717, 1.165) is 37.1 Å². The summed E-state index contributed by atoms with van der Waals surface area (Å²) >= 11 is 0. The molecule has 2 bridgehead atoms. The number of carbonyl (C=O) groups is 2. The number of benzene rings is 3. The van der Waals surface area contributed by atoms with Gasteiger partial charge in [0, 0.05) is 35.4 Å². The van der Waals surface area contributed by atoms with Gasteiger partial charge in [-0.2, -0.15) is 0 Å². The number of quaternary nitrogens is 1. The maximum absolute atomic E-state index is 14.0. The summed E-state index contributed by atoms with van der Waals surface area (Å²) in [5, 5.41) is 0. The van der Waals surface area contributed by atoms with Crippen molar-refractivity contribution in [2.75, 3.05) is 26.2 Å². The van der Waals surface area contributed by atoms with Crippen molar-refractivity contribution < 1.29 is 32.3 Å². The zero-order chi connectivity index (χ0) is 26.0. The van der Waals surface area contributed by atoms with E-state index in [-0.39, 0.29) is 17.8 Å². The number of ether oxygens (including phenoxy) is 2. The van der Waals surface area contributed by atoms with Crippen molar-refractivity contribution in [3.63, 3.8) is 0 Å². The molecule has 0 amide bonds. The molecule has 192 valence electrons. The van der Waals surface area contributed by atoms with Crippen LogP contribution in [-0.2, 0) is 9.47 Å². The molecule has 3 aliphatic heterocycles. The van der Waals surface area contributed by atoms with Crippen LogP contribution in [-0.4, -0.2) is 48.7 Å². The van der Waals surface area contributed by atoms with Gasteiger partial charge in [0.25, 0.3) is 0 Å². The van der Waals surface area contributed by atoms with Gasteiger partial charge in [0.05, 0.1) is 13.1 Å². The van der Waals surface area contributed by atoms with Crippen LogP contribution in [0.25, 0.3) is 0 Å². The Morgan fingerprint density at radius 2 is 1.54 bits per heavy atom. The number of nitrogens with zero attached hydrogens (tertiary/aromatic N) is 1. The maximum Gasteiger partial charge on any atom is 0.509 e. The molecule has 1 atom stereocenters. The van der Waals surface area contributed by atoms with Crippen LogP contribution in [0.5, 0.6) is 0 Å². The number of piperidine rings is 3. The highest BCUT2D eigenvalue weighted by Gasteiger charge is 2.49. The third kappa shape index (κ3) is 5.57. The van der Waals surface area contributed by atoms with E-state index in [0.29, 0.717) is 28.7 Å². The number of Topliss-reactive ketones (excluding diaryl/α,β-unsaturated/α-hetero) is 1. The first-order valence-corrected chi connectivity index (χ1v) is 12.6. The SMILES string of the molecule is Cc1ccccc1C(=O)C[N+]12CCC(CC1)C(OC(=O)OC(c1cccc(F)c1)c1cccc(F)c1)C2. The molecule has 1 unspecified atom stereocenters. The van der Waals surface area contributed by atoms with Gasteiger partial charge < -0.3 is 14.0 Å². The number of ketones is 1. The average Bonchev–Trinajstić information content (AvgIpc) is 2.88. The molecule has 3 aromatic carbocycles. The molecule has 3 heterocycles. The van der Waals surface area contributed by atoms with E-state index in [1.54, 1.807) is 12.1 Å². The second kappa shape index (κ2) is 10.4. The van der Waals surface area contributed by atoms with Gasteiger partial charge in [0.15, 0.2) is 12.2 Å². The van der Waals surface area contributed by atoms with E-state index in [1.807, 2.05) is 31.2 Å². The third-order valence-corrected chi connectivity index (χ3v) is 7.73. The van der Waals surface area contributed by atoms with Crippen molar-refractivity contribution in [2.24, 2.45) is 5.92 Å². The Hall–Kier alpha value is -3.58. The number of fused-ring (bicyclic) bond motifs is 3. The first-order chi connectivity index (χ1) is 17.8. The quantitative estimate of drug-likeness (QED) is 0.224. The molecule has 7 heteroatoms. The Balaban J connectivity index is 1.30. The number of aryl methyl sites for hydroxylation is 1. The lowest BCUT2D eigenvalue weighted by Gasteiger charge is -2.51. The largest absolute Gasteiger partial charge is 0.509 e. The van der Waals surface area contributed by atoms with Crippen molar-refractivity contribution in [2.45, 2.75) is 32.0 Å². The molecule has 6 rings (SSSR count). The Kier molecular flexibility index (Phi) is 7.07. The summed E-state index contributed by atoms with van der Waals surface area (Å²) in [6, 6.07) is 19.0. The molecule has 0 spiro atoms. The van der Waals surface area contributed by atoms with Crippen LogP contribution in [0.1, 0.15) is 46.0 Å². The van der Waals surface area contributed by atoms with E-state index in [4.69, 9.17) is 9.47 Å². The molecule has 37 heavy (non-hydrogen) atoms. The average molecular weight is 507 g/mol. The van der Waals surface area contributed by atoms with E-state index in [1.165, 1.54) is 36.4 Å². The van der Waals surface area contributed by atoms with Gasteiger partial charge in [-0.1, -0.05) is 48.5 Å². The van der Waals surface area contributed by atoms with Crippen LogP contribution in [0.3, 0.4) is 0 Å². The molecule has 3 aromatic rings. The van der Waals surface area contributed by atoms with Crippen LogP contribution in [0.2, 0.25) is 0 Å². The first-order valence-electron chi connectivity index (χ1n) is 12.6. The Morgan fingerprint density at radius 1 is 0.919 bits per heavy atom. The molecule has 3 aliphatic rings. The molecule has 3 saturated heterocycles. The van der Waals surface area contributed by atoms with Gasteiger partial charge in [-0.05, 0) is 36.8 Å². The number of hydrogen-bond acceptors (Lipinski definition) is 4. The number of rotatable bonds is 7. The van der Waals surface area contributed by atoms with Gasteiger partial charge in [-0.3, -0.25) is 4.79 Å². The zero-order valence-electron chi connectivity index (χ0n) is 20.7. The molecule has 0 aliphatic carbocycles. The van der Waals surface area contributed by atoms with Crippen molar-refractivity contribution in [3.05, 3.63) is 107 Å². The smallest absolute Gasteiger partial charge is 0.425 e. The van der Waals surface area contributed by atoms with E-state index in [9.17, 15) is 18.4 Å². The Bertz CT molecular complexity index is 1260.